The summed E-state index contributed by atoms with van der Waals surface area (Å²) in [7, 11) is 1.63. The number of hydrogen-bond acceptors (Lipinski definition) is 4. The van der Waals surface area contributed by atoms with Crippen molar-refractivity contribution in [1.29, 1.82) is 0 Å². The van der Waals surface area contributed by atoms with Crippen molar-refractivity contribution in [2.75, 3.05) is 25.5 Å². The van der Waals surface area contributed by atoms with Gasteiger partial charge < -0.3 is 20.5 Å². The highest BCUT2D eigenvalue weighted by Gasteiger charge is 2.38. The van der Waals surface area contributed by atoms with Gasteiger partial charge in [0, 0.05) is 11.6 Å². The van der Waals surface area contributed by atoms with Gasteiger partial charge in [-0.05, 0) is 50.2 Å². The number of benzene rings is 1. The maximum atomic E-state index is 12.0. The summed E-state index contributed by atoms with van der Waals surface area (Å²) in [5.41, 5.74) is 0.828. The first-order chi connectivity index (χ1) is 11.2. The van der Waals surface area contributed by atoms with Crippen LogP contribution in [0.2, 0.25) is 0 Å². The van der Waals surface area contributed by atoms with E-state index in [-0.39, 0.29) is 11.8 Å². The lowest BCUT2D eigenvalue weighted by Crippen LogP contribution is -2.34. The smallest absolute Gasteiger partial charge is 0.490 e. The van der Waals surface area contributed by atoms with Crippen LogP contribution in [0.15, 0.2) is 24.3 Å². The minimum atomic E-state index is -5.08. The van der Waals surface area contributed by atoms with Crippen molar-refractivity contribution in [1.82, 2.24) is 5.32 Å². The Labute approximate surface area is 137 Å². The van der Waals surface area contributed by atoms with Gasteiger partial charge in [-0.2, -0.15) is 13.2 Å². The van der Waals surface area contributed by atoms with Crippen LogP contribution in [0.1, 0.15) is 12.8 Å². The number of hydrogen-bond donors (Lipinski definition) is 3. The summed E-state index contributed by atoms with van der Waals surface area (Å²) < 4.78 is 36.8. The second-order valence-electron chi connectivity index (χ2n) is 5.04. The molecule has 134 valence electrons. The van der Waals surface area contributed by atoms with Crippen LogP contribution in [0.3, 0.4) is 0 Å². The lowest BCUT2D eigenvalue weighted by molar-refractivity contribution is -0.192. The van der Waals surface area contributed by atoms with Crippen LogP contribution in [0.25, 0.3) is 0 Å². The van der Waals surface area contributed by atoms with Crippen molar-refractivity contribution in [3.8, 4) is 5.75 Å². The third-order valence-corrected chi connectivity index (χ3v) is 3.31. The Hall–Kier alpha value is -2.29. The van der Waals surface area contributed by atoms with E-state index < -0.39 is 12.1 Å². The molecule has 0 radical (unpaired) electrons. The van der Waals surface area contributed by atoms with Crippen LogP contribution in [0.4, 0.5) is 18.9 Å². The molecular weight excluding hydrogens is 329 g/mol. The Balaban J connectivity index is 0.000000351. The van der Waals surface area contributed by atoms with Gasteiger partial charge in [0.1, 0.15) is 5.75 Å². The van der Waals surface area contributed by atoms with Crippen LogP contribution in [0, 0.1) is 5.92 Å². The van der Waals surface area contributed by atoms with Crippen LogP contribution in [-0.2, 0) is 9.59 Å². The minimum absolute atomic E-state index is 0.122. The first-order valence-electron chi connectivity index (χ1n) is 7.19. The number of alkyl halides is 3. The zero-order valence-electron chi connectivity index (χ0n) is 13.0. The van der Waals surface area contributed by atoms with E-state index in [0.29, 0.717) is 0 Å². The zero-order chi connectivity index (χ0) is 18.2. The number of carbonyl (C=O) groups is 2. The van der Waals surface area contributed by atoms with Gasteiger partial charge in [-0.15, -0.1) is 0 Å². The summed E-state index contributed by atoms with van der Waals surface area (Å²) in [6, 6.07) is 7.41. The molecule has 1 aliphatic rings. The molecule has 2 rings (SSSR count). The highest BCUT2D eigenvalue weighted by Crippen LogP contribution is 2.18. The van der Waals surface area contributed by atoms with Gasteiger partial charge in [0.25, 0.3) is 0 Å². The van der Waals surface area contributed by atoms with Gasteiger partial charge in [0.05, 0.1) is 7.11 Å². The average molecular weight is 348 g/mol. The molecule has 0 aromatic heterocycles. The average Bonchev–Trinajstić information content (AvgIpc) is 2.56. The zero-order valence-corrected chi connectivity index (χ0v) is 13.0. The number of carboxylic acid groups (broad SMARTS) is 1. The van der Waals surface area contributed by atoms with Gasteiger partial charge >= 0.3 is 12.1 Å². The largest absolute Gasteiger partial charge is 0.497 e. The summed E-state index contributed by atoms with van der Waals surface area (Å²) >= 11 is 0. The number of nitrogens with one attached hydrogen (secondary N) is 2. The SMILES string of the molecule is COc1ccc(NC(=O)C2CCNCC2)cc1.O=C(O)C(F)(F)F. The quantitative estimate of drug-likeness (QED) is 0.780. The first-order valence-corrected chi connectivity index (χ1v) is 7.19. The number of carbonyl (C=O) groups excluding carboxylic acids is 1. The second kappa shape index (κ2) is 9.11. The molecule has 9 heteroatoms. The molecule has 0 aliphatic carbocycles. The van der Waals surface area contributed by atoms with Gasteiger partial charge in [-0.25, -0.2) is 4.79 Å². The summed E-state index contributed by atoms with van der Waals surface area (Å²) in [5.74, 6) is -1.70. The maximum absolute atomic E-state index is 12.0. The van der Waals surface area contributed by atoms with Crippen LogP contribution in [-0.4, -0.2) is 43.4 Å². The standard InChI is InChI=1S/C13H18N2O2.C2HF3O2/c1-17-12-4-2-11(3-5-12)15-13(16)10-6-8-14-9-7-10;3-2(4,5)1(6)7/h2-5,10,14H,6-9H2,1H3,(H,15,16);(H,6,7). The predicted octanol–water partition coefficient (Wildman–Crippen LogP) is 2.27. The lowest BCUT2D eigenvalue weighted by Gasteiger charge is -2.21. The summed E-state index contributed by atoms with van der Waals surface area (Å²) in [5, 5.41) is 13.3. The Morgan fingerprint density at radius 1 is 1.21 bits per heavy atom. The normalized spacial score (nSPS) is 15.0. The Bertz CT molecular complexity index is 541. The third-order valence-electron chi connectivity index (χ3n) is 3.31. The molecule has 1 saturated heterocycles. The first kappa shape index (κ1) is 19.8. The second-order valence-corrected chi connectivity index (χ2v) is 5.04. The molecule has 1 aromatic carbocycles. The number of methoxy groups -OCH3 is 1. The van der Waals surface area contributed by atoms with E-state index in [2.05, 4.69) is 10.6 Å². The van der Waals surface area contributed by atoms with Crippen molar-refractivity contribution in [3.63, 3.8) is 0 Å². The summed E-state index contributed by atoms with van der Waals surface area (Å²) in [4.78, 5) is 20.8. The van der Waals surface area contributed by atoms with Gasteiger partial charge in [0.15, 0.2) is 0 Å². The van der Waals surface area contributed by atoms with E-state index in [1.807, 2.05) is 24.3 Å². The van der Waals surface area contributed by atoms with Gasteiger partial charge in [0.2, 0.25) is 5.91 Å². The Morgan fingerprint density at radius 2 is 1.71 bits per heavy atom. The molecular formula is C15H19F3N2O4. The maximum Gasteiger partial charge on any atom is 0.490 e. The molecule has 1 aromatic rings. The van der Waals surface area contributed by atoms with Crippen LogP contribution in [0.5, 0.6) is 5.75 Å². The number of ether oxygens (including phenoxy) is 1. The molecule has 0 spiro atoms. The molecule has 1 heterocycles. The van der Waals surface area contributed by atoms with Crippen molar-refractivity contribution in [2.45, 2.75) is 19.0 Å². The lowest BCUT2D eigenvalue weighted by atomic mass is 9.97. The summed E-state index contributed by atoms with van der Waals surface area (Å²) in [6.45, 7) is 1.86. The molecule has 1 aliphatic heterocycles. The molecule has 0 atom stereocenters. The van der Waals surface area contributed by atoms with E-state index in [1.54, 1.807) is 7.11 Å². The molecule has 24 heavy (non-hydrogen) atoms. The van der Waals surface area contributed by atoms with Gasteiger partial charge in [-0.1, -0.05) is 0 Å². The number of carboxylic acids is 1. The number of anilines is 1. The van der Waals surface area contributed by atoms with Crippen molar-refractivity contribution in [2.24, 2.45) is 5.92 Å². The monoisotopic (exact) mass is 348 g/mol. The number of halogens is 3. The molecule has 1 fully saturated rings. The fourth-order valence-electron chi connectivity index (χ4n) is 2.00. The number of piperidine rings is 1. The molecule has 1 amide bonds. The van der Waals surface area contributed by atoms with Crippen molar-refractivity contribution < 1.29 is 32.6 Å². The Morgan fingerprint density at radius 3 is 2.12 bits per heavy atom. The fraction of sp³-hybridized carbons (Fsp3) is 0.467. The highest BCUT2D eigenvalue weighted by atomic mass is 19.4. The molecule has 0 saturated carbocycles. The van der Waals surface area contributed by atoms with Crippen LogP contribution >= 0.6 is 0 Å². The number of rotatable bonds is 3. The molecule has 3 N–H and O–H groups in total. The van der Waals surface area contributed by atoms with E-state index in [0.717, 1.165) is 37.4 Å². The molecule has 0 bridgehead atoms. The minimum Gasteiger partial charge on any atom is -0.497 e. The highest BCUT2D eigenvalue weighted by molar-refractivity contribution is 5.92. The third kappa shape index (κ3) is 6.86. The van der Waals surface area contributed by atoms with E-state index >= 15 is 0 Å². The van der Waals surface area contributed by atoms with Crippen molar-refractivity contribution in [3.05, 3.63) is 24.3 Å². The van der Waals surface area contributed by atoms with E-state index in [4.69, 9.17) is 14.6 Å². The molecule has 0 unspecified atom stereocenters. The molecule has 6 nitrogen and oxygen atoms in total. The van der Waals surface area contributed by atoms with E-state index in [9.17, 15) is 18.0 Å². The van der Waals surface area contributed by atoms with Crippen molar-refractivity contribution >= 4 is 17.6 Å². The summed E-state index contributed by atoms with van der Waals surface area (Å²) in [6.07, 6.45) is -3.25. The van der Waals surface area contributed by atoms with Gasteiger partial charge in [-0.3, -0.25) is 4.79 Å². The number of amides is 1. The topological polar surface area (TPSA) is 87.7 Å². The van der Waals surface area contributed by atoms with E-state index in [1.165, 1.54) is 0 Å². The van der Waals surface area contributed by atoms with Crippen LogP contribution < -0.4 is 15.4 Å². The fourth-order valence-corrected chi connectivity index (χ4v) is 2.00. The Kier molecular flexibility index (Phi) is 7.50. The predicted molar refractivity (Wildman–Crippen MR) is 80.9 cm³/mol. The number of aliphatic carboxylic acids is 1.